The molecule has 1 heterocycles. The van der Waals surface area contributed by atoms with E-state index in [1.54, 1.807) is 55.5 Å². The molecule has 3 aromatic carbocycles. The standard InChI is InChI=1S/C26H22N2O5/c1-2-33-26(32)20-14-8-9-15-21(20)27-23(29)22(16-17-10-4-3-5-11-17)28-24(30)18-12-6-7-13-19(18)25(28)31/h3-15,22H,2,16H2,1H3,(H,27,29)/t22-/m0/s1. The average molecular weight is 442 g/mol. The molecule has 0 unspecified atom stereocenters. The highest BCUT2D eigenvalue weighted by Crippen LogP contribution is 2.27. The van der Waals surface area contributed by atoms with Crippen LogP contribution in [0.2, 0.25) is 0 Å². The lowest BCUT2D eigenvalue weighted by Crippen LogP contribution is -2.48. The minimum Gasteiger partial charge on any atom is -0.462 e. The molecule has 0 spiro atoms. The number of fused-ring (bicyclic) bond motifs is 1. The van der Waals surface area contributed by atoms with Crippen LogP contribution in [0.15, 0.2) is 78.9 Å². The highest BCUT2D eigenvalue weighted by Gasteiger charge is 2.42. The quantitative estimate of drug-likeness (QED) is 0.445. The first-order valence-corrected chi connectivity index (χ1v) is 10.6. The number of nitrogens with zero attached hydrogens (tertiary/aromatic N) is 1. The van der Waals surface area contributed by atoms with Gasteiger partial charge in [0.05, 0.1) is 29.0 Å². The van der Waals surface area contributed by atoms with Crippen molar-refractivity contribution in [1.29, 1.82) is 0 Å². The molecule has 7 heteroatoms. The molecule has 0 bridgehead atoms. The molecule has 0 radical (unpaired) electrons. The summed E-state index contributed by atoms with van der Waals surface area (Å²) in [5.74, 6) is -2.20. The third-order valence-electron chi connectivity index (χ3n) is 5.39. The number of carbonyl (C=O) groups excluding carboxylic acids is 4. The van der Waals surface area contributed by atoms with E-state index in [9.17, 15) is 19.2 Å². The van der Waals surface area contributed by atoms with Gasteiger partial charge in [-0.05, 0) is 36.8 Å². The molecule has 1 atom stereocenters. The summed E-state index contributed by atoms with van der Waals surface area (Å²) in [6.07, 6.45) is 0.125. The van der Waals surface area contributed by atoms with Crippen molar-refractivity contribution in [2.75, 3.05) is 11.9 Å². The largest absolute Gasteiger partial charge is 0.462 e. The average Bonchev–Trinajstić information content (AvgIpc) is 3.08. The van der Waals surface area contributed by atoms with Crippen LogP contribution in [0.4, 0.5) is 5.69 Å². The summed E-state index contributed by atoms with van der Waals surface area (Å²) in [6.45, 7) is 1.88. The molecular weight excluding hydrogens is 420 g/mol. The maximum absolute atomic E-state index is 13.5. The number of anilines is 1. The van der Waals surface area contributed by atoms with Gasteiger partial charge in [-0.15, -0.1) is 0 Å². The first-order chi connectivity index (χ1) is 16.0. The van der Waals surface area contributed by atoms with E-state index in [1.165, 1.54) is 0 Å². The second kappa shape index (κ2) is 9.48. The van der Waals surface area contributed by atoms with Crippen LogP contribution in [0.25, 0.3) is 0 Å². The molecule has 3 amide bonds. The maximum Gasteiger partial charge on any atom is 0.340 e. The predicted molar refractivity (Wildman–Crippen MR) is 122 cm³/mol. The first kappa shape index (κ1) is 22.0. The number of ether oxygens (including phenoxy) is 1. The predicted octanol–water partition coefficient (Wildman–Crippen LogP) is 3.71. The second-order valence-electron chi connectivity index (χ2n) is 7.49. The van der Waals surface area contributed by atoms with Gasteiger partial charge >= 0.3 is 5.97 Å². The molecule has 0 fully saturated rings. The van der Waals surface area contributed by atoms with E-state index in [-0.39, 0.29) is 35.4 Å². The van der Waals surface area contributed by atoms with Crippen molar-refractivity contribution in [3.8, 4) is 0 Å². The van der Waals surface area contributed by atoms with Crippen LogP contribution in [-0.2, 0) is 16.0 Å². The zero-order valence-electron chi connectivity index (χ0n) is 18.0. The second-order valence-corrected chi connectivity index (χ2v) is 7.49. The van der Waals surface area contributed by atoms with E-state index < -0.39 is 29.7 Å². The molecule has 4 rings (SSSR count). The van der Waals surface area contributed by atoms with Crippen LogP contribution in [0.5, 0.6) is 0 Å². The lowest BCUT2D eigenvalue weighted by Gasteiger charge is -2.26. The van der Waals surface area contributed by atoms with Crippen molar-refractivity contribution in [2.24, 2.45) is 0 Å². The lowest BCUT2D eigenvalue weighted by molar-refractivity contribution is -0.119. The Kier molecular flexibility index (Phi) is 6.31. The van der Waals surface area contributed by atoms with E-state index >= 15 is 0 Å². The summed E-state index contributed by atoms with van der Waals surface area (Å²) in [5, 5.41) is 2.73. The van der Waals surface area contributed by atoms with Gasteiger partial charge in [-0.25, -0.2) is 4.79 Å². The summed E-state index contributed by atoms with van der Waals surface area (Å²) >= 11 is 0. The van der Waals surface area contributed by atoms with Gasteiger partial charge in [-0.1, -0.05) is 54.6 Å². The highest BCUT2D eigenvalue weighted by atomic mass is 16.5. The van der Waals surface area contributed by atoms with Gasteiger partial charge in [-0.2, -0.15) is 0 Å². The van der Waals surface area contributed by atoms with E-state index in [1.807, 2.05) is 30.3 Å². The lowest BCUT2D eigenvalue weighted by atomic mass is 10.0. The summed E-state index contributed by atoms with van der Waals surface area (Å²) in [6, 6.07) is 21.0. The van der Waals surface area contributed by atoms with Crippen molar-refractivity contribution in [3.63, 3.8) is 0 Å². The van der Waals surface area contributed by atoms with E-state index in [0.717, 1.165) is 10.5 Å². The van der Waals surface area contributed by atoms with Crippen LogP contribution < -0.4 is 5.32 Å². The number of amides is 3. The third-order valence-corrected chi connectivity index (χ3v) is 5.39. The molecule has 1 aliphatic rings. The Morgan fingerprint density at radius 3 is 2.06 bits per heavy atom. The van der Waals surface area contributed by atoms with Crippen LogP contribution >= 0.6 is 0 Å². The Morgan fingerprint density at radius 2 is 1.42 bits per heavy atom. The fourth-order valence-electron chi connectivity index (χ4n) is 3.82. The van der Waals surface area contributed by atoms with Gasteiger partial charge < -0.3 is 10.1 Å². The summed E-state index contributed by atoms with van der Waals surface area (Å²) in [4.78, 5) is 53.0. The van der Waals surface area contributed by atoms with E-state index in [4.69, 9.17) is 4.74 Å². The number of hydrogen-bond donors (Lipinski definition) is 1. The third kappa shape index (κ3) is 4.39. The molecular formula is C26H22N2O5. The van der Waals surface area contributed by atoms with Crippen molar-refractivity contribution in [3.05, 3.63) is 101 Å². The Morgan fingerprint density at radius 1 is 0.848 bits per heavy atom. The topological polar surface area (TPSA) is 92.8 Å². The smallest absolute Gasteiger partial charge is 0.340 e. The Balaban J connectivity index is 1.68. The van der Waals surface area contributed by atoms with Gasteiger partial charge in [0, 0.05) is 6.42 Å². The number of hydrogen-bond acceptors (Lipinski definition) is 5. The molecule has 0 aliphatic carbocycles. The first-order valence-electron chi connectivity index (χ1n) is 10.6. The van der Waals surface area contributed by atoms with Gasteiger partial charge in [0.1, 0.15) is 6.04 Å². The fourth-order valence-corrected chi connectivity index (χ4v) is 3.82. The van der Waals surface area contributed by atoms with Crippen molar-refractivity contribution in [2.45, 2.75) is 19.4 Å². The number of imide groups is 1. The summed E-state index contributed by atoms with van der Waals surface area (Å²) < 4.78 is 5.07. The monoisotopic (exact) mass is 442 g/mol. The highest BCUT2D eigenvalue weighted by molar-refractivity contribution is 6.23. The number of nitrogens with one attached hydrogen (secondary N) is 1. The Labute approximate surface area is 191 Å². The fraction of sp³-hybridized carbons (Fsp3) is 0.154. The maximum atomic E-state index is 13.5. The van der Waals surface area contributed by atoms with Crippen molar-refractivity contribution < 1.29 is 23.9 Å². The number of rotatable bonds is 7. The Bertz CT molecular complexity index is 1190. The number of carbonyl (C=O) groups is 4. The van der Waals surface area contributed by atoms with Crippen LogP contribution in [0, 0.1) is 0 Å². The summed E-state index contributed by atoms with van der Waals surface area (Å²) in [5.41, 5.74) is 1.75. The molecule has 1 N–H and O–H groups in total. The normalized spacial score (nSPS) is 13.4. The van der Waals surface area contributed by atoms with Gasteiger partial charge in [-0.3, -0.25) is 19.3 Å². The zero-order valence-corrected chi connectivity index (χ0v) is 18.0. The Hall–Kier alpha value is -4.26. The molecule has 3 aromatic rings. The SMILES string of the molecule is CCOC(=O)c1ccccc1NC(=O)[C@H](Cc1ccccc1)N1C(=O)c2ccccc2C1=O. The van der Waals surface area contributed by atoms with Crippen molar-refractivity contribution >= 4 is 29.4 Å². The molecule has 166 valence electrons. The van der Waals surface area contributed by atoms with Crippen LogP contribution in [0.1, 0.15) is 43.6 Å². The molecule has 1 aliphatic heterocycles. The zero-order chi connectivity index (χ0) is 23.4. The summed E-state index contributed by atoms with van der Waals surface area (Å²) in [7, 11) is 0. The number of benzene rings is 3. The van der Waals surface area contributed by atoms with Gasteiger partial charge in [0.15, 0.2) is 0 Å². The minimum atomic E-state index is -1.12. The van der Waals surface area contributed by atoms with Crippen LogP contribution in [0.3, 0.4) is 0 Å². The van der Waals surface area contributed by atoms with Crippen LogP contribution in [-0.4, -0.2) is 41.2 Å². The molecule has 7 nitrogen and oxygen atoms in total. The molecule has 0 saturated carbocycles. The van der Waals surface area contributed by atoms with Gasteiger partial charge in [0.25, 0.3) is 11.8 Å². The molecule has 0 aromatic heterocycles. The molecule has 33 heavy (non-hydrogen) atoms. The number of esters is 1. The number of para-hydroxylation sites is 1. The minimum absolute atomic E-state index is 0.125. The molecule has 0 saturated heterocycles. The van der Waals surface area contributed by atoms with E-state index in [2.05, 4.69) is 5.32 Å². The van der Waals surface area contributed by atoms with E-state index in [0.29, 0.717) is 0 Å². The van der Waals surface area contributed by atoms with Gasteiger partial charge in [0.2, 0.25) is 5.91 Å². The van der Waals surface area contributed by atoms with Crippen molar-refractivity contribution in [1.82, 2.24) is 4.90 Å².